The molecule has 6 heteroatoms. The first-order valence-electron chi connectivity index (χ1n) is 2.99. The third-order valence-electron chi connectivity index (χ3n) is 1.10. The second kappa shape index (κ2) is 3.60. The van der Waals surface area contributed by atoms with E-state index in [2.05, 4.69) is 4.98 Å². The Labute approximate surface area is 79.8 Å². The predicted octanol–water partition coefficient (Wildman–Crippen LogP) is 1.80. The highest BCUT2D eigenvalue weighted by Crippen LogP contribution is 2.12. The van der Waals surface area contributed by atoms with Crippen LogP contribution in [0.25, 0.3) is 0 Å². The van der Waals surface area contributed by atoms with Gasteiger partial charge in [-0.05, 0) is 11.6 Å². The number of aromatic nitrogens is 1. The van der Waals surface area contributed by atoms with E-state index in [4.69, 9.17) is 22.3 Å². The number of halogens is 2. The molecule has 0 aliphatic rings. The first-order valence-corrected chi connectivity index (χ1v) is 5.85. The molecule has 0 spiro atoms. The van der Waals surface area contributed by atoms with Gasteiger partial charge in [0.1, 0.15) is 0 Å². The van der Waals surface area contributed by atoms with E-state index in [0.29, 0.717) is 10.6 Å². The Morgan fingerprint density at radius 2 is 2.08 bits per heavy atom. The van der Waals surface area contributed by atoms with Gasteiger partial charge in [-0.1, -0.05) is 11.6 Å². The van der Waals surface area contributed by atoms with Crippen molar-refractivity contribution in [2.24, 2.45) is 0 Å². The molecule has 0 saturated carbocycles. The molecule has 1 aromatic rings. The minimum atomic E-state index is -3.52. The maximum absolute atomic E-state index is 10.6. The molecule has 0 aliphatic carbocycles. The third-order valence-corrected chi connectivity index (χ3v) is 2.31. The highest BCUT2D eigenvalue weighted by molar-refractivity contribution is 8.13. The van der Waals surface area contributed by atoms with E-state index in [-0.39, 0.29) is 5.75 Å². The van der Waals surface area contributed by atoms with Crippen molar-refractivity contribution in [2.75, 3.05) is 0 Å². The maximum atomic E-state index is 10.6. The molecule has 0 N–H and O–H groups in total. The molecule has 0 aromatic carbocycles. The molecular weight excluding hydrogens is 221 g/mol. The van der Waals surface area contributed by atoms with Crippen LogP contribution < -0.4 is 0 Å². The fourth-order valence-electron chi connectivity index (χ4n) is 0.734. The van der Waals surface area contributed by atoms with Crippen molar-refractivity contribution in [1.82, 2.24) is 4.98 Å². The van der Waals surface area contributed by atoms with E-state index in [1.165, 1.54) is 18.5 Å². The normalized spacial score (nSPS) is 11.5. The van der Waals surface area contributed by atoms with Gasteiger partial charge in [0, 0.05) is 23.1 Å². The first kappa shape index (κ1) is 9.77. The lowest BCUT2D eigenvalue weighted by molar-refractivity contribution is 0.609. The van der Waals surface area contributed by atoms with Crippen molar-refractivity contribution >= 4 is 31.3 Å². The van der Waals surface area contributed by atoms with E-state index in [1.807, 2.05) is 0 Å². The summed E-state index contributed by atoms with van der Waals surface area (Å²) >= 11 is 5.57. The molecule has 3 nitrogen and oxygen atoms in total. The summed E-state index contributed by atoms with van der Waals surface area (Å²) in [5.41, 5.74) is 0.484. The molecule has 1 heterocycles. The van der Waals surface area contributed by atoms with Gasteiger partial charge in [0.2, 0.25) is 9.05 Å². The summed E-state index contributed by atoms with van der Waals surface area (Å²) in [7, 11) is 1.50. The number of hydrogen-bond donors (Lipinski definition) is 0. The number of nitrogens with zero attached hydrogens (tertiary/aromatic N) is 1. The van der Waals surface area contributed by atoms with Crippen LogP contribution in [0.5, 0.6) is 0 Å². The van der Waals surface area contributed by atoms with Crippen LogP contribution >= 0.6 is 22.3 Å². The van der Waals surface area contributed by atoms with Gasteiger partial charge in [-0.3, -0.25) is 4.98 Å². The summed E-state index contributed by atoms with van der Waals surface area (Å²) in [4.78, 5) is 3.71. The van der Waals surface area contributed by atoms with Crippen LogP contribution in [0.2, 0.25) is 5.02 Å². The smallest absolute Gasteiger partial charge is 0.236 e. The molecule has 66 valence electrons. The molecule has 0 saturated heterocycles. The molecule has 0 atom stereocenters. The van der Waals surface area contributed by atoms with Crippen LogP contribution in [-0.4, -0.2) is 13.4 Å². The quantitative estimate of drug-likeness (QED) is 0.722. The molecule has 0 radical (unpaired) electrons. The Morgan fingerprint density at radius 1 is 1.42 bits per heavy atom. The minimum absolute atomic E-state index is 0.248. The maximum Gasteiger partial charge on any atom is 0.236 e. The van der Waals surface area contributed by atoms with Gasteiger partial charge in [0.15, 0.2) is 0 Å². The average molecular weight is 226 g/mol. The second-order valence-electron chi connectivity index (χ2n) is 2.19. The fraction of sp³-hybridized carbons (Fsp3) is 0.167. The number of rotatable bonds is 2. The molecule has 1 rings (SSSR count). The van der Waals surface area contributed by atoms with Crippen molar-refractivity contribution in [1.29, 1.82) is 0 Å². The summed E-state index contributed by atoms with van der Waals surface area (Å²) in [5, 5.41) is 0.396. The van der Waals surface area contributed by atoms with Crippen LogP contribution in [0, 0.1) is 0 Å². The van der Waals surface area contributed by atoms with Crippen molar-refractivity contribution in [3.05, 3.63) is 29.0 Å². The summed E-state index contributed by atoms with van der Waals surface area (Å²) in [6, 6.07) is 1.51. The molecule has 0 amide bonds. The van der Waals surface area contributed by atoms with E-state index in [1.54, 1.807) is 0 Å². The highest BCUT2D eigenvalue weighted by atomic mass is 35.7. The largest absolute Gasteiger partial charge is 0.263 e. The van der Waals surface area contributed by atoms with Crippen LogP contribution in [0.3, 0.4) is 0 Å². The predicted molar refractivity (Wildman–Crippen MR) is 47.7 cm³/mol. The van der Waals surface area contributed by atoms with Gasteiger partial charge < -0.3 is 0 Å². The van der Waals surface area contributed by atoms with Gasteiger partial charge in [-0.2, -0.15) is 0 Å². The third kappa shape index (κ3) is 3.38. The molecule has 0 aliphatic heterocycles. The van der Waals surface area contributed by atoms with E-state index < -0.39 is 9.05 Å². The molecule has 12 heavy (non-hydrogen) atoms. The summed E-state index contributed by atoms with van der Waals surface area (Å²) in [6.07, 6.45) is 2.83. The fourth-order valence-corrected chi connectivity index (χ4v) is 1.86. The summed E-state index contributed by atoms with van der Waals surface area (Å²) in [5.74, 6) is -0.248. The Bertz CT molecular complexity index is 377. The van der Waals surface area contributed by atoms with Crippen molar-refractivity contribution in [3.8, 4) is 0 Å². The van der Waals surface area contributed by atoms with E-state index >= 15 is 0 Å². The van der Waals surface area contributed by atoms with Crippen molar-refractivity contribution in [2.45, 2.75) is 5.75 Å². The van der Waals surface area contributed by atoms with Gasteiger partial charge in [-0.25, -0.2) is 8.42 Å². The Morgan fingerprint density at radius 3 is 2.58 bits per heavy atom. The van der Waals surface area contributed by atoms with E-state index in [9.17, 15) is 8.42 Å². The van der Waals surface area contributed by atoms with Gasteiger partial charge >= 0.3 is 0 Å². The van der Waals surface area contributed by atoms with Crippen LogP contribution in [0.1, 0.15) is 5.56 Å². The van der Waals surface area contributed by atoms with Crippen LogP contribution in [0.4, 0.5) is 0 Å². The Hall–Kier alpha value is -0.320. The molecule has 0 fully saturated rings. The lowest BCUT2D eigenvalue weighted by Gasteiger charge is -1.96. The van der Waals surface area contributed by atoms with Crippen LogP contribution in [-0.2, 0) is 14.8 Å². The second-order valence-corrected chi connectivity index (χ2v) is 5.41. The summed E-state index contributed by atoms with van der Waals surface area (Å²) < 4.78 is 21.2. The Kier molecular flexibility index (Phi) is 2.93. The van der Waals surface area contributed by atoms with E-state index in [0.717, 1.165) is 0 Å². The minimum Gasteiger partial charge on any atom is -0.263 e. The highest BCUT2D eigenvalue weighted by Gasteiger charge is 2.07. The van der Waals surface area contributed by atoms with Gasteiger partial charge in [0.25, 0.3) is 0 Å². The average Bonchev–Trinajstić information content (AvgIpc) is 1.82. The molecule has 1 aromatic heterocycles. The molecule has 0 unspecified atom stereocenters. The molecule has 0 bridgehead atoms. The van der Waals surface area contributed by atoms with Crippen LogP contribution in [0.15, 0.2) is 18.5 Å². The molecular formula is C6H5Cl2NO2S. The zero-order valence-electron chi connectivity index (χ0n) is 5.87. The SMILES string of the molecule is O=S(=O)(Cl)Cc1cncc(Cl)c1. The van der Waals surface area contributed by atoms with Crippen molar-refractivity contribution in [3.63, 3.8) is 0 Å². The zero-order chi connectivity index (χ0) is 9.19. The lowest BCUT2D eigenvalue weighted by atomic mass is 10.3. The lowest BCUT2D eigenvalue weighted by Crippen LogP contribution is -1.95. The number of hydrogen-bond acceptors (Lipinski definition) is 3. The van der Waals surface area contributed by atoms with Gasteiger partial charge in [0.05, 0.1) is 10.8 Å². The first-order chi connectivity index (χ1) is 5.47. The monoisotopic (exact) mass is 225 g/mol. The van der Waals surface area contributed by atoms with Crippen molar-refractivity contribution < 1.29 is 8.42 Å². The summed E-state index contributed by atoms with van der Waals surface area (Å²) in [6.45, 7) is 0. The zero-order valence-corrected chi connectivity index (χ0v) is 8.20. The number of pyridine rings is 1. The standard InChI is InChI=1S/C6H5Cl2NO2S/c7-6-1-5(2-9-3-6)4-12(8,10)11/h1-3H,4H2. The topological polar surface area (TPSA) is 47.0 Å². The Balaban J connectivity index is 2.91. The van der Waals surface area contributed by atoms with Gasteiger partial charge in [-0.15, -0.1) is 0 Å².